The second-order valence-electron chi connectivity index (χ2n) is 4.71. The van der Waals surface area contributed by atoms with Crippen molar-refractivity contribution < 1.29 is 14.3 Å². The second-order valence-corrected chi connectivity index (χ2v) is 6.47. The number of thiocarbonyl (C=S) groups is 1. The number of ether oxygens (including phenoxy) is 1. The highest BCUT2D eigenvalue weighted by molar-refractivity contribution is 9.10. The fourth-order valence-corrected chi connectivity index (χ4v) is 2.18. The molecule has 9 heteroatoms. The van der Waals surface area contributed by atoms with Gasteiger partial charge in [-0.2, -0.15) is 0 Å². The van der Waals surface area contributed by atoms with Crippen molar-refractivity contribution in [3.63, 3.8) is 0 Å². The van der Waals surface area contributed by atoms with E-state index < -0.39 is 11.8 Å². The molecule has 0 unspecified atom stereocenters. The lowest BCUT2D eigenvalue weighted by atomic mass is 10.2. The highest BCUT2D eigenvalue weighted by Gasteiger charge is 2.09. The first-order valence-electron chi connectivity index (χ1n) is 6.98. The lowest BCUT2D eigenvalue weighted by Crippen LogP contribution is -2.49. The predicted molar refractivity (Wildman–Crippen MR) is 102 cm³/mol. The van der Waals surface area contributed by atoms with Gasteiger partial charge in [0.15, 0.2) is 11.7 Å². The van der Waals surface area contributed by atoms with Gasteiger partial charge in [-0.15, -0.1) is 0 Å². The molecule has 0 spiro atoms. The molecule has 0 aliphatic heterocycles. The molecule has 2 aromatic rings. The quantitative estimate of drug-likeness (QED) is 0.501. The molecule has 2 aromatic carbocycles. The van der Waals surface area contributed by atoms with Gasteiger partial charge in [0, 0.05) is 15.1 Å². The number of hydrazine groups is 1. The summed E-state index contributed by atoms with van der Waals surface area (Å²) in [6.07, 6.45) is 0. The van der Waals surface area contributed by atoms with Crippen LogP contribution in [0.3, 0.4) is 0 Å². The van der Waals surface area contributed by atoms with Crippen LogP contribution in [0, 0.1) is 0 Å². The minimum Gasteiger partial charge on any atom is -0.484 e. The number of rotatable bonds is 4. The topological polar surface area (TPSA) is 79.5 Å². The lowest BCUT2D eigenvalue weighted by Gasteiger charge is -2.11. The van der Waals surface area contributed by atoms with Gasteiger partial charge in [0.25, 0.3) is 11.8 Å². The van der Waals surface area contributed by atoms with Crippen LogP contribution < -0.4 is 20.9 Å². The van der Waals surface area contributed by atoms with Crippen molar-refractivity contribution in [1.29, 1.82) is 0 Å². The average molecular weight is 443 g/mol. The third-order valence-electron chi connectivity index (χ3n) is 2.83. The molecule has 2 rings (SSSR count). The normalized spacial score (nSPS) is 9.84. The van der Waals surface area contributed by atoms with Gasteiger partial charge < -0.3 is 4.74 Å². The third-order valence-corrected chi connectivity index (χ3v) is 3.82. The zero-order valence-electron chi connectivity index (χ0n) is 12.7. The van der Waals surface area contributed by atoms with E-state index >= 15 is 0 Å². The molecule has 6 nitrogen and oxygen atoms in total. The van der Waals surface area contributed by atoms with Crippen LogP contribution in [0.5, 0.6) is 5.75 Å². The van der Waals surface area contributed by atoms with E-state index in [1.807, 2.05) is 0 Å². The van der Waals surface area contributed by atoms with Gasteiger partial charge in [-0.25, -0.2) is 0 Å². The third kappa shape index (κ3) is 6.69. The Labute approximate surface area is 163 Å². The van der Waals surface area contributed by atoms with Crippen molar-refractivity contribution in [2.24, 2.45) is 0 Å². The van der Waals surface area contributed by atoms with Crippen LogP contribution in [0.15, 0.2) is 53.0 Å². The molecule has 0 fully saturated rings. The zero-order chi connectivity index (χ0) is 18.2. The van der Waals surface area contributed by atoms with Crippen molar-refractivity contribution in [1.82, 2.24) is 16.2 Å². The van der Waals surface area contributed by atoms with E-state index in [9.17, 15) is 9.59 Å². The standard InChI is InChI=1S/C16H13BrClN3O3S/c17-11-3-7-13(8-4-11)24-9-14(22)20-21-16(25)19-15(23)10-1-5-12(18)6-2-10/h1-8H,9H2,(H,20,22)(H2,19,21,23,25). The summed E-state index contributed by atoms with van der Waals surface area (Å²) in [5.41, 5.74) is 5.14. The van der Waals surface area contributed by atoms with Crippen molar-refractivity contribution in [3.05, 3.63) is 63.6 Å². The first-order chi connectivity index (χ1) is 11.9. The Morgan fingerprint density at radius 2 is 1.68 bits per heavy atom. The molecular formula is C16H13BrClN3O3S. The fourth-order valence-electron chi connectivity index (χ4n) is 1.65. The summed E-state index contributed by atoms with van der Waals surface area (Å²) < 4.78 is 6.21. The summed E-state index contributed by atoms with van der Waals surface area (Å²) in [7, 11) is 0. The SMILES string of the molecule is O=C(COc1ccc(Br)cc1)NNC(=S)NC(=O)c1ccc(Cl)cc1. The van der Waals surface area contributed by atoms with Crippen LogP contribution in [0.4, 0.5) is 0 Å². The van der Waals surface area contributed by atoms with Crippen molar-refractivity contribution >= 4 is 56.7 Å². The molecule has 0 aliphatic carbocycles. The highest BCUT2D eigenvalue weighted by Crippen LogP contribution is 2.15. The summed E-state index contributed by atoms with van der Waals surface area (Å²) in [5.74, 6) is -0.322. The second kappa shape index (κ2) is 9.36. The Kier molecular flexibility index (Phi) is 7.17. The van der Waals surface area contributed by atoms with Gasteiger partial charge >= 0.3 is 0 Å². The van der Waals surface area contributed by atoms with E-state index in [-0.39, 0.29) is 11.7 Å². The first kappa shape index (κ1) is 19.2. The van der Waals surface area contributed by atoms with Crippen molar-refractivity contribution in [2.75, 3.05) is 6.61 Å². The Hall–Kier alpha value is -2.16. The molecular weight excluding hydrogens is 430 g/mol. The molecule has 0 saturated carbocycles. The molecule has 25 heavy (non-hydrogen) atoms. The number of nitrogens with one attached hydrogen (secondary N) is 3. The first-order valence-corrected chi connectivity index (χ1v) is 8.56. The summed E-state index contributed by atoms with van der Waals surface area (Å²) >= 11 is 14.0. The molecule has 2 amide bonds. The predicted octanol–water partition coefficient (Wildman–Crippen LogP) is 2.82. The van der Waals surface area contributed by atoms with Gasteiger partial charge in [-0.05, 0) is 60.7 Å². The Morgan fingerprint density at radius 3 is 2.32 bits per heavy atom. The molecule has 0 aromatic heterocycles. The average Bonchev–Trinajstić information content (AvgIpc) is 2.60. The van der Waals surface area contributed by atoms with E-state index in [4.69, 9.17) is 28.6 Å². The molecule has 0 atom stereocenters. The van der Waals surface area contributed by atoms with E-state index in [1.54, 1.807) is 48.5 Å². The fraction of sp³-hybridized carbons (Fsp3) is 0.0625. The monoisotopic (exact) mass is 441 g/mol. The molecule has 0 radical (unpaired) electrons. The largest absolute Gasteiger partial charge is 0.484 e. The number of amides is 2. The number of carbonyl (C=O) groups excluding carboxylic acids is 2. The van der Waals surface area contributed by atoms with Gasteiger partial charge in [-0.1, -0.05) is 27.5 Å². The zero-order valence-corrected chi connectivity index (χ0v) is 15.9. The summed E-state index contributed by atoms with van der Waals surface area (Å²) in [6.45, 7) is -0.206. The molecule has 0 bridgehead atoms. The van der Waals surface area contributed by atoms with Gasteiger partial charge in [0.2, 0.25) is 0 Å². The van der Waals surface area contributed by atoms with E-state index in [1.165, 1.54) is 0 Å². The molecule has 130 valence electrons. The van der Waals surface area contributed by atoms with Crippen LogP contribution in [-0.2, 0) is 4.79 Å². The summed E-state index contributed by atoms with van der Waals surface area (Å²) in [5, 5.41) is 2.91. The van der Waals surface area contributed by atoms with E-state index in [2.05, 4.69) is 32.1 Å². The summed E-state index contributed by atoms with van der Waals surface area (Å²) in [6, 6.07) is 13.3. The summed E-state index contributed by atoms with van der Waals surface area (Å²) in [4.78, 5) is 23.6. The van der Waals surface area contributed by atoms with Crippen LogP contribution in [0.1, 0.15) is 10.4 Å². The molecule has 0 saturated heterocycles. The van der Waals surface area contributed by atoms with Crippen molar-refractivity contribution in [3.8, 4) is 5.75 Å². The van der Waals surface area contributed by atoms with Gasteiger partial charge in [-0.3, -0.25) is 25.8 Å². The van der Waals surface area contributed by atoms with E-state index in [0.717, 1.165) is 4.47 Å². The van der Waals surface area contributed by atoms with Crippen LogP contribution in [-0.4, -0.2) is 23.5 Å². The number of carbonyl (C=O) groups is 2. The number of halogens is 2. The maximum absolute atomic E-state index is 11.9. The molecule has 0 heterocycles. The lowest BCUT2D eigenvalue weighted by molar-refractivity contribution is -0.123. The minimum absolute atomic E-state index is 0.0445. The minimum atomic E-state index is -0.453. The molecule has 3 N–H and O–H groups in total. The Balaban J connectivity index is 1.71. The number of benzene rings is 2. The number of hydrogen-bond acceptors (Lipinski definition) is 4. The maximum atomic E-state index is 11.9. The molecule has 0 aliphatic rings. The van der Waals surface area contributed by atoms with E-state index in [0.29, 0.717) is 16.3 Å². The highest BCUT2D eigenvalue weighted by atomic mass is 79.9. The van der Waals surface area contributed by atoms with Crippen LogP contribution in [0.25, 0.3) is 0 Å². The van der Waals surface area contributed by atoms with Gasteiger partial charge in [0.1, 0.15) is 5.75 Å². The number of hydrogen-bond donors (Lipinski definition) is 3. The van der Waals surface area contributed by atoms with Crippen LogP contribution >= 0.6 is 39.7 Å². The Bertz CT molecular complexity index is 769. The Morgan fingerprint density at radius 1 is 1.04 bits per heavy atom. The van der Waals surface area contributed by atoms with Gasteiger partial charge in [0.05, 0.1) is 0 Å². The van der Waals surface area contributed by atoms with Crippen LogP contribution in [0.2, 0.25) is 5.02 Å². The maximum Gasteiger partial charge on any atom is 0.276 e. The van der Waals surface area contributed by atoms with Crippen molar-refractivity contribution in [2.45, 2.75) is 0 Å². The smallest absolute Gasteiger partial charge is 0.276 e.